The normalized spacial score (nSPS) is 39.7. The molecule has 2 heterocycles. The lowest BCUT2D eigenvalue weighted by Crippen LogP contribution is -2.48. The average Bonchev–Trinajstić information content (AvgIpc) is 3.29. The first kappa shape index (κ1) is 19.3. The first-order valence-electron chi connectivity index (χ1n) is 10.9. The molecule has 3 saturated carbocycles. The van der Waals surface area contributed by atoms with Gasteiger partial charge in [0.15, 0.2) is 0 Å². The van der Waals surface area contributed by atoms with Crippen LogP contribution in [0.1, 0.15) is 39.0 Å². The van der Waals surface area contributed by atoms with E-state index in [0.717, 1.165) is 25.7 Å². The highest BCUT2D eigenvalue weighted by Crippen LogP contribution is 2.59. The molecule has 2 saturated heterocycles. The average molecular weight is 407 g/mol. The minimum Gasteiger partial charge on any atom is -0.459 e. The Bertz CT molecular complexity index is 694. The Morgan fingerprint density at radius 3 is 2.62 bits per heavy atom. The highest BCUT2D eigenvalue weighted by Gasteiger charge is 2.70. The lowest BCUT2D eigenvalue weighted by molar-refractivity contribution is -0.183. The van der Waals surface area contributed by atoms with E-state index >= 15 is 0 Å². The topological polar surface area (TPSA) is 91.4 Å². The van der Waals surface area contributed by atoms with Gasteiger partial charge in [0.1, 0.15) is 17.8 Å². The molecular weight excluding hydrogens is 378 g/mol. The predicted octanol–water partition coefficient (Wildman–Crippen LogP) is 0.914. The Morgan fingerprint density at radius 1 is 1.21 bits per heavy atom. The van der Waals surface area contributed by atoms with Crippen LogP contribution >= 0.6 is 0 Å². The molecule has 160 valence electrons. The van der Waals surface area contributed by atoms with E-state index in [9.17, 15) is 14.4 Å². The van der Waals surface area contributed by atoms with E-state index in [-0.39, 0.29) is 41.9 Å². The molecule has 0 N–H and O–H groups in total. The van der Waals surface area contributed by atoms with Crippen molar-refractivity contribution in [3.8, 4) is 0 Å². The molecule has 8 nitrogen and oxygen atoms in total. The molecule has 3 aliphatic carbocycles. The number of hydrogen-bond donors (Lipinski definition) is 0. The number of morpholine rings is 1. The van der Waals surface area contributed by atoms with Crippen LogP contribution in [0.15, 0.2) is 0 Å². The van der Waals surface area contributed by atoms with Gasteiger partial charge in [-0.25, -0.2) is 0 Å². The van der Waals surface area contributed by atoms with Crippen molar-refractivity contribution in [3.63, 3.8) is 0 Å². The second-order valence-electron chi connectivity index (χ2n) is 9.17. The van der Waals surface area contributed by atoms with Gasteiger partial charge in [-0.05, 0) is 32.1 Å². The summed E-state index contributed by atoms with van der Waals surface area (Å²) in [6, 6.07) is 0. The van der Waals surface area contributed by atoms with Gasteiger partial charge in [0.2, 0.25) is 0 Å². The van der Waals surface area contributed by atoms with Crippen LogP contribution in [0.4, 0.5) is 0 Å². The van der Waals surface area contributed by atoms with Crippen LogP contribution in [-0.4, -0.2) is 73.5 Å². The van der Waals surface area contributed by atoms with Gasteiger partial charge in [-0.1, -0.05) is 6.92 Å². The summed E-state index contributed by atoms with van der Waals surface area (Å²) in [5.41, 5.74) is -0.372. The van der Waals surface area contributed by atoms with Crippen molar-refractivity contribution in [1.29, 1.82) is 0 Å². The zero-order valence-electron chi connectivity index (χ0n) is 16.8. The maximum Gasteiger partial charge on any atom is 0.320 e. The van der Waals surface area contributed by atoms with Crippen LogP contribution in [0.5, 0.6) is 0 Å². The summed E-state index contributed by atoms with van der Waals surface area (Å²) in [5, 5.41) is 0. The Balaban J connectivity index is 1.28. The summed E-state index contributed by atoms with van der Waals surface area (Å²) in [7, 11) is 0. The molecule has 0 aromatic heterocycles. The standard InChI is InChI=1S/C21H29NO7/c1-2-21(4-3-5-21)29-20(25)16-13-10-12-15(16)19(24)28-18(12)17(13)27-14(23)11-22-6-8-26-9-7-22/h12-13,15-18H,2-11H2,1H3. The van der Waals surface area contributed by atoms with Gasteiger partial charge >= 0.3 is 17.9 Å². The van der Waals surface area contributed by atoms with Crippen molar-refractivity contribution in [2.24, 2.45) is 23.7 Å². The smallest absolute Gasteiger partial charge is 0.320 e. The summed E-state index contributed by atoms with van der Waals surface area (Å²) in [5.74, 6) is -2.23. The minimum atomic E-state index is -0.559. The zero-order chi connectivity index (χ0) is 20.2. The molecule has 5 rings (SSSR count). The molecule has 5 aliphatic rings. The van der Waals surface area contributed by atoms with Crippen molar-refractivity contribution >= 4 is 17.9 Å². The Kier molecular flexibility index (Phi) is 4.81. The molecule has 0 aromatic carbocycles. The predicted molar refractivity (Wildman–Crippen MR) is 98.6 cm³/mol. The second kappa shape index (κ2) is 7.23. The van der Waals surface area contributed by atoms with E-state index in [1.165, 1.54) is 0 Å². The number of esters is 3. The molecule has 0 radical (unpaired) electrons. The van der Waals surface area contributed by atoms with Crippen molar-refractivity contribution in [1.82, 2.24) is 4.90 Å². The summed E-state index contributed by atoms with van der Waals surface area (Å²) in [6.45, 7) is 4.83. The van der Waals surface area contributed by atoms with Crippen molar-refractivity contribution in [2.45, 2.75) is 56.8 Å². The van der Waals surface area contributed by atoms with Crippen LogP contribution in [0, 0.1) is 23.7 Å². The first-order valence-corrected chi connectivity index (χ1v) is 10.9. The van der Waals surface area contributed by atoms with E-state index < -0.39 is 24.0 Å². The molecule has 0 amide bonds. The molecular formula is C21H29NO7. The molecule has 0 aromatic rings. The largest absolute Gasteiger partial charge is 0.459 e. The number of carbonyl (C=O) groups excluding carboxylic acids is 3. The monoisotopic (exact) mass is 407 g/mol. The summed E-state index contributed by atoms with van der Waals surface area (Å²) >= 11 is 0. The molecule has 6 atom stereocenters. The lowest BCUT2D eigenvalue weighted by atomic mass is 9.76. The van der Waals surface area contributed by atoms with E-state index in [1.807, 2.05) is 11.8 Å². The molecule has 2 bridgehead atoms. The van der Waals surface area contributed by atoms with Gasteiger partial charge in [0.25, 0.3) is 0 Å². The third-order valence-electron chi connectivity index (χ3n) is 7.77. The van der Waals surface area contributed by atoms with E-state index in [2.05, 4.69) is 0 Å². The van der Waals surface area contributed by atoms with Crippen molar-refractivity contribution in [2.75, 3.05) is 32.8 Å². The van der Waals surface area contributed by atoms with Gasteiger partial charge < -0.3 is 18.9 Å². The Labute approximate surface area is 170 Å². The van der Waals surface area contributed by atoms with E-state index in [4.69, 9.17) is 18.9 Å². The van der Waals surface area contributed by atoms with Crippen LogP contribution in [0.2, 0.25) is 0 Å². The number of hydrogen-bond acceptors (Lipinski definition) is 8. The molecule has 2 aliphatic heterocycles. The zero-order valence-corrected chi connectivity index (χ0v) is 16.8. The van der Waals surface area contributed by atoms with Gasteiger partial charge in [0, 0.05) is 24.9 Å². The minimum absolute atomic E-state index is 0.0507. The maximum absolute atomic E-state index is 13.1. The van der Waals surface area contributed by atoms with E-state index in [0.29, 0.717) is 32.7 Å². The van der Waals surface area contributed by atoms with Crippen molar-refractivity contribution in [3.05, 3.63) is 0 Å². The third-order valence-corrected chi connectivity index (χ3v) is 7.77. The van der Waals surface area contributed by atoms with Crippen molar-refractivity contribution < 1.29 is 33.3 Å². The number of ether oxygens (including phenoxy) is 4. The maximum atomic E-state index is 13.1. The number of fused-ring (bicyclic) bond motifs is 1. The Morgan fingerprint density at radius 2 is 1.97 bits per heavy atom. The molecule has 0 spiro atoms. The summed E-state index contributed by atoms with van der Waals surface area (Å²) in [6.07, 6.45) is 3.32. The van der Waals surface area contributed by atoms with Crippen LogP contribution in [0.3, 0.4) is 0 Å². The fourth-order valence-corrected chi connectivity index (χ4v) is 5.98. The number of nitrogens with zero attached hydrogens (tertiary/aromatic N) is 1. The van der Waals surface area contributed by atoms with Crippen LogP contribution in [0.25, 0.3) is 0 Å². The molecule has 6 unspecified atom stereocenters. The summed E-state index contributed by atoms with van der Waals surface area (Å²) < 4.78 is 22.6. The number of rotatable bonds is 6. The highest BCUT2D eigenvalue weighted by molar-refractivity contribution is 5.86. The molecule has 5 fully saturated rings. The molecule has 8 heteroatoms. The Hall–Kier alpha value is -1.67. The van der Waals surface area contributed by atoms with Crippen LogP contribution < -0.4 is 0 Å². The lowest BCUT2D eigenvalue weighted by Gasteiger charge is -2.42. The van der Waals surface area contributed by atoms with Gasteiger partial charge in [-0.3, -0.25) is 19.3 Å². The van der Waals surface area contributed by atoms with E-state index in [1.54, 1.807) is 0 Å². The summed E-state index contributed by atoms with van der Waals surface area (Å²) in [4.78, 5) is 40.1. The fraction of sp³-hybridized carbons (Fsp3) is 0.857. The van der Waals surface area contributed by atoms with Gasteiger partial charge in [0.05, 0.1) is 31.6 Å². The fourth-order valence-electron chi connectivity index (χ4n) is 5.98. The third kappa shape index (κ3) is 3.15. The number of carbonyl (C=O) groups is 3. The molecule has 29 heavy (non-hydrogen) atoms. The SMILES string of the molecule is CCC1(OC(=O)C2C3CC4C(OC(=O)C42)C3OC(=O)CN2CCOCC2)CCC1. The quantitative estimate of drug-likeness (QED) is 0.474. The highest BCUT2D eigenvalue weighted by atomic mass is 16.6. The van der Waals surface area contributed by atoms with Crippen LogP contribution in [-0.2, 0) is 33.3 Å². The van der Waals surface area contributed by atoms with Gasteiger partial charge in [-0.2, -0.15) is 0 Å². The first-order chi connectivity index (χ1) is 14.0. The van der Waals surface area contributed by atoms with Gasteiger partial charge in [-0.15, -0.1) is 0 Å². The second-order valence-corrected chi connectivity index (χ2v) is 9.17.